The van der Waals surface area contributed by atoms with Crippen LogP contribution in [0.3, 0.4) is 0 Å². The molecular weight excluding hydrogens is 527 g/mol. The van der Waals surface area contributed by atoms with Gasteiger partial charge in [0, 0.05) is 49.8 Å². The number of carbonyl (C=O) groups excluding carboxylic acids is 1. The Morgan fingerprint density at radius 2 is 1.89 bits per heavy atom. The van der Waals surface area contributed by atoms with Crippen LogP contribution in [0, 0.1) is 0 Å². The van der Waals surface area contributed by atoms with Crippen LogP contribution in [-0.2, 0) is 22.6 Å². The van der Waals surface area contributed by atoms with E-state index in [-0.39, 0.29) is 31.3 Å². The van der Waals surface area contributed by atoms with Crippen LogP contribution in [0.1, 0.15) is 43.2 Å². The number of likely N-dealkylation sites (tertiary alicyclic amines) is 1. The van der Waals surface area contributed by atoms with Crippen molar-refractivity contribution < 1.29 is 19.4 Å². The highest BCUT2D eigenvalue weighted by atomic mass is 35.5. The van der Waals surface area contributed by atoms with E-state index in [1.54, 1.807) is 12.1 Å². The lowest BCUT2D eigenvalue weighted by molar-refractivity contribution is -0.137. The zero-order chi connectivity index (χ0) is 27.5. The van der Waals surface area contributed by atoms with E-state index in [1.165, 1.54) is 12.7 Å². The van der Waals surface area contributed by atoms with Gasteiger partial charge in [0.1, 0.15) is 5.75 Å². The molecule has 5 N–H and O–H groups in total. The molecule has 1 amide bonds. The largest absolute Gasteiger partial charge is 0.496 e. The number of hydrogen-bond acceptors (Lipinski definition) is 6. The predicted octanol–water partition coefficient (Wildman–Crippen LogP) is 3.87. The monoisotopic (exact) mass is 564 g/mol. The first-order chi connectivity index (χ1) is 18.3. The zero-order valence-corrected chi connectivity index (χ0v) is 23.3. The summed E-state index contributed by atoms with van der Waals surface area (Å²) >= 11 is 12.2. The minimum atomic E-state index is -0.942. The van der Waals surface area contributed by atoms with Gasteiger partial charge in [-0.1, -0.05) is 53.5 Å². The molecule has 1 heterocycles. The summed E-state index contributed by atoms with van der Waals surface area (Å²) in [6.45, 7) is 2.59. The van der Waals surface area contributed by atoms with Crippen molar-refractivity contribution in [3.8, 4) is 5.75 Å². The summed E-state index contributed by atoms with van der Waals surface area (Å²) < 4.78 is 5.35. The number of methoxy groups -OCH3 is 1. The molecule has 2 aromatic rings. The molecule has 0 saturated carbocycles. The molecule has 2 unspecified atom stereocenters. The highest BCUT2D eigenvalue weighted by molar-refractivity contribution is 6.42. The lowest BCUT2D eigenvalue weighted by Gasteiger charge is -2.29. The van der Waals surface area contributed by atoms with E-state index >= 15 is 0 Å². The highest BCUT2D eigenvalue weighted by Crippen LogP contribution is 2.30. The summed E-state index contributed by atoms with van der Waals surface area (Å²) in [6.07, 6.45) is 3.84. The fourth-order valence-corrected chi connectivity index (χ4v) is 5.20. The first kappa shape index (κ1) is 30.2. The summed E-state index contributed by atoms with van der Waals surface area (Å²) in [5.74, 6) is -0.703. The average molecular weight is 566 g/mol. The van der Waals surface area contributed by atoms with Gasteiger partial charge < -0.3 is 26.2 Å². The summed E-state index contributed by atoms with van der Waals surface area (Å²) in [5, 5.41) is 16.1. The summed E-state index contributed by atoms with van der Waals surface area (Å²) in [5.41, 5.74) is 8.16. The van der Waals surface area contributed by atoms with Crippen LogP contribution in [0.15, 0.2) is 42.5 Å². The Balaban J connectivity index is 1.60. The Labute approximate surface area is 234 Å². The highest BCUT2D eigenvalue weighted by Gasteiger charge is 2.27. The van der Waals surface area contributed by atoms with Crippen molar-refractivity contribution in [3.63, 3.8) is 0 Å². The predicted molar refractivity (Wildman–Crippen MR) is 151 cm³/mol. The molecule has 1 aliphatic rings. The number of nitrogens with zero attached hydrogens (tertiary/aromatic N) is 1. The summed E-state index contributed by atoms with van der Waals surface area (Å²) in [4.78, 5) is 26.8. The second kappa shape index (κ2) is 15.3. The minimum Gasteiger partial charge on any atom is -0.496 e. The van der Waals surface area contributed by atoms with Gasteiger partial charge in [-0.3, -0.25) is 14.5 Å². The average Bonchev–Trinajstić information content (AvgIpc) is 3.34. The van der Waals surface area contributed by atoms with Crippen molar-refractivity contribution in [2.24, 2.45) is 5.73 Å². The quantitative estimate of drug-likeness (QED) is 0.259. The fraction of sp³-hybridized carbons (Fsp3) is 0.500. The number of halogens is 2. The van der Waals surface area contributed by atoms with Gasteiger partial charge in [0.15, 0.2) is 0 Å². The van der Waals surface area contributed by atoms with Crippen LogP contribution in [0.25, 0.3) is 0 Å². The summed E-state index contributed by atoms with van der Waals surface area (Å²) in [7, 11) is 1.52. The van der Waals surface area contributed by atoms with Crippen molar-refractivity contribution >= 4 is 35.1 Å². The van der Waals surface area contributed by atoms with Gasteiger partial charge >= 0.3 is 5.97 Å². The molecule has 0 radical (unpaired) electrons. The number of carboxylic acid groups (broad SMARTS) is 1. The van der Waals surface area contributed by atoms with E-state index in [2.05, 4.69) is 39.8 Å². The molecule has 1 fully saturated rings. The minimum absolute atomic E-state index is 0.112. The molecule has 1 aliphatic heterocycles. The first-order valence-electron chi connectivity index (χ1n) is 13.0. The van der Waals surface area contributed by atoms with Crippen molar-refractivity contribution in [1.82, 2.24) is 15.5 Å². The smallest absolute Gasteiger partial charge is 0.303 e. The second-order valence-electron chi connectivity index (χ2n) is 9.75. The van der Waals surface area contributed by atoms with Crippen LogP contribution in [0.2, 0.25) is 10.0 Å². The van der Waals surface area contributed by atoms with E-state index in [4.69, 9.17) is 33.7 Å². The molecule has 0 aliphatic carbocycles. The van der Waals surface area contributed by atoms with Crippen molar-refractivity contribution in [2.75, 3.05) is 26.7 Å². The number of amides is 1. The van der Waals surface area contributed by atoms with Gasteiger partial charge in [0.2, 0.25) is 5.91 Å². The Bertz CT molecular complexity index is 1060. The van der Waals surface area contributed by atoms with Gasteiger partial charge in [-0.05, 0) is 50.3 Å². The third kappa shape index (κ3) is 9.43. The third-order valence-corrected chi connectivity index (χ3v) is 7.71. The lowest BCUT2D eigenvalue weighted by Crippen LogP contribution is -2.46. The molecule has 8 nitrogen and oxygen atoms in total. The number of carboxylic acids is 1. The third-order valence-electron chi connectivity index (χ3n) is 6.99. The van der Waals surface area contributed by atoms with E-state index in [1.807, 2.05) is 6.07 Å². The number of carbonyl (C=O) groups is 2. The molecule has 1 saturated heterocycles. The number of rotatable bonds is 15. The standard InChI is InChI=1S/C28H38Cl2N4O4/c1-38-26-16-24(30)23(29)15-20(26)17-33-28(37)25(9-10-27(35)36)32-13-11-22(34-14-12-21(31)18-34)8-7-19-5-3-2-4-6-19/h2-6,15-16,21-22,25,32H,7-14,17-18,31H2,1H3,(H,33,37)(H,35,36)/t21?,22?,25-/m1/s1. The van der Waals surface area contributed by atoms with Crippen LogP contribution in [-0.4, -0.2) is 66.8 Å². The summed E-state index contributed by atoms with van der Waals surface area (Å²) in [6, 6.07) is 13.5. The van der Waals surface area contributed by atoms with Gasteiger partial charge in [0.05, 0.1) is 23.2 Å². The van der Waals surface area contributed by atoms with Crippen molar-refractivity contribution in [2.45, 2.75) is 63.2 Å². The van der Waals surface area contributed by atoms with E-state index < -0.39 is 12.0 Å². The fourth-order valence-electron chi connectivity index (χ4n) is 4.86. The maximum Gasteiger partial charge on any atom is 0.303 e. The van der Waals surface area contributed by atoms with E-state index in [9.17, 15) is 14.7 Å². The Morgan fingerprint density at radius 1 is 1.16 bits per heavy atom. The number of benzene rings is 2. The Morgan fingerprint density at radius 3 is 2.55 bits per heavy atom. The Hall–Kier alpha value is -2.36. The number of ether oxygens (including phenoxy) is 1. The van der Waals surface area contributed by atoms with Crippen molar-refractivity contribution in [3.05, 3.63) is 63.6 Å². The van der Waals surface area contributed by atoms with E-state index in [0.29, 0.717) is 33.9 Å². The number of aryl methyl sites for hydroxylation is 1. The van der Waals surface area contributed by atoms with Gasteiger partial charge in [-0.25, -0.2) is 0 Å². The van der Waals surface area contributed by atoms with Gasteiger partial charge in [-0.2, -0.15) is 0 Å². The molecule has 38 heavy (non-hydrogen) atoms. The molecule has 3 rings (SSSR count). The van der Waals surface area contributed by atoms with Crippen LogP contribution in [0.4, 0.5) is 0 Å². The van der Waals surface area contributed by atoms with Crippen LogP contribution >= 0.6 is 23.2 Å². The maximum absolute atomic E-state index is 13.1. The molecule has 0 spiro atoms. The molecule has 0 bridgehead atoms. The zero-order valence-electron chi connectivity index (χ0n) is 21.8. The van der Waals surface area contributed by atoms with E-state index in [0.717, 1.165) is 38.8 Å². The van der Waals surface area contributed by atoms with Crippen molar-refractivity contribution in [1.29, 1.82) is 0 Å². The maximum atomic E-state index is 13.1. The molecule has 10 heteroatoms. The Kier molecular flexibility index (Phi) is 12.1. The second-order valence-corrected chi connectivity index (χ2v) is 10.6. The molecular formula is C28H38Cl2N4O4. The SMILES string of the molecule is COc1cc(Cl)c(Cl)cc1CNC(=O)[C@@H](CCC(=O)O)NCCC(CCc1ccccc1)N1CCC(N)C1. The molecule has 2 aromatic carbocycles. The van der Waals surface area contributed by atoms with Gasteiger partial charge in [-0.15, -0.1) is 0 Å². The first-order valence-corrected chi connectivity index (χ1v) is 13.8. The molecule has 208 valence electrons. The van der Waals surface area contributed by atoms with Crippen LogP contribution < -0.4 is 21.1 Å². The van der Waals surface area contributed by atoms with Crippen LogP contribution in [0.5, 0.6) is 5.75 Å². The lowest BCUT2D eigenvalue weighted by atomic mass is 10.0. The number of nitrogens with two attached hydrogens (primary N) is 1. The molecule has 0 aromatic heterocycles. The number of nitrogens with one attached hydrogen (secondary N) is 2. The normalized spacial score (nSPS) is 17.2. The molecule has 3 atom stereocenters. The number of aliphatic carboxylic acids is 1. The number of hydrogen-bond donors (Lipinski definition) is 4. The van der Waals surface area contributed by atoms with Gasteiger partial charge in [0.25, 0.3) is 0 Å². The topological polar surface area (TPSA) is 117 Å².